The van der Waals surface area contributed by atoms with E-state index in [1.807, 2.05) is 18.2 Å². The summed E-state index contributed by atoms with van der Waals surface area (Å²) in [4.78, 5) is 27.3. The Labute approximate surface area is 191 Å². The van der Waals surface area contributed by atoms with Gasteiger partial charge in [-0.2, -0.15) is 5.26 Å². The number of benzene rings is 2. The van der Waals surface area contributed by atoms with Crippen LogP contribution < -0.4 is 14.4 Å². The van der Waals surface area contributed by atoms with E-state index in [4.69, 9.17) is 19.5 Å². The summed E-state index contributed by atoms with van der Waals surface area (Å²) < 4.78 is 31.0. The molecule has 0 spiro atoms. The average molecular weight is 452 g/mol. The van der Waals surface area contributed by atoms with Crippen molar-refractivity contribution >= 4 is 17.6 Å². The van der Waals surface area contributed by atoms with Gasteiger partial charge in [0.25, 0.3) is 5.91 Å². The van der Waals surface area contributed by atoms with Gasteiger partial charge in [-0.05, 0) is 42.7 Å². The molecule has 1 fully saturated rings. The van der Waals surface area contributed by atoms with Crippen molar-refractivity contribution in [2.45, 2.75) is 37.5 Å². The molecule has 0 radical (unpaired) electrons. The standard InChI is InChI=1S/C25H25FN2O5/c26-19-6-1-2-7-20(19)28(13-5-12-27)23(29)17-33-24(30)25(10-3-4-11-25)18-8-9-21-22(16-18)32-15-14-31-21/h1-2,6-9,16H,3-5,10-11,13-15,17H2. The van der Waals surface area contributed by atoms with Gasteiger partial charge in [0.15, 0.2) is 18.1 Å². The van der Waals surface area contributed by atoms with E-state index >= 15 is 0 Å². The lowest BCUT2D eigenvalue weighted by Gasteiger charge is -2.29. The quantitative estimate of drug-likeness (QED) is 0.592. The molecule has 0 bridgehead atoms. The van der Waals surface area contributed by atoms with Gasteiger partial charge in [0, 0.05) is 6.54 Å². The highest BCUT2D eigenvalue weighted by molar-refractivity contribution is 5.96. The molecule has 8 heteroatoms. The number of para-hydroxylation sites is 1. The predicted octanol–water partition coefficient (Wildman–Crippen LogP) is 3.90. The first-order chi connectivity index (χ1) is 16.0. The summed E-state index contributed by atoms with van der Waals surface area (Å²) in [6.45, 7) is 0.384. The molecule has 33 heavy (non-hydrogen) atoms. The molecule has 1 saturated carbocycles. The van der Waals surface area contributed by atoms with Crippen LogP contribution in [0, 0.1) is 17.1 Å². The molecule has 7 nitrogen and oxygen atoms in total. The van der Waals surface area contributed by atoms with Crippen molar-refractivity contribution in [2.24, 2.45) is 0 Å². The maximum atomic E-state index is 14.3. The second kappa shape index (κ2) is 9.90. The Hall–Kier alpha value is -3.60. The van der Waals surface area contributed by atoms with Gasteiger partial charge >= 0.3 is 5.97 Å². The van der Waals surface area contributed by atoms with Gasteiger partial charge < -0.3 is 19.1 Å². The van der Waals surface area contributed by atoms with Crippen molar-refractivity contribution < 1.29 is 28.2 Å². The zero-order valence-corrected chi connectivity index (χ0v) is 18.2. The second-order valence-corrected chi connectivity index (χ2v) is 8.13. The third kappa shape index (κ3) is 4.63. The van der Waals surface area contributed by atoms with Crippen molar-refractivity contribution in [2.75, 3.05) is 31.3 Å². The Morgan fingerprint density at radius 1 is 1.09 bits per heavy atom. The minimum atomic E-state index is -0.869. The summed E-state index contributed by atoms with van der Waals surface area (Å²) in [5, 5.41) is 8.93. The predicted molar refractivity (Wildman–Crippen MR) is 118 cm³/mol. The Kier molecular flexibility index (Phi) is 6.78. The monoisotopic (exact) mass is 452 g/mol. The zero-order valence-electron chi connectivity index (χ0n) is 18.2. The van der Waals surface area contributed by atoms with E-state index in [0.717, 1.165) is 23.3 Å². The van der Waals surface area contributed by atoms with E-state index in [2.05, 4.69) is 0 Å². The number of nitrogens with zero attached hydrogens (tertiary/aromatic N) is 2. The fraction of sp³-hybridized carbons (Fsp3) is 0.400. The van der Waals surface area contributed by atoms with Crippen molar-refractivity contribution in [1.82, 2.24) is 0 Å². The molecule has 0 aromatic heterocycles. The van der Waals surface area contributed by atoms with Crippen LogP contribution in [0.25, 0.3) is 0 Å². The van der Waals surface area contributed by atoms with Crippen LogP contribution in [-0.4, -0.2) is 38.2 Å². The fourth-order valence-electron chi connectivity index (χ4n) is 4.49. The Balaban J connectivity index is 1.51. The molecule has 2 aromatic rings. The third-order valence-corrected chi connectivity index (χ3v) is 6.16. The summed E-state index contributed by atoms with van der Waals surface area (Å²) in [7, 11) is 0. The number of rotatable bonds is 7. The van der Waals surface area contributed by atoms with E-state index in [0.29, 0.717) is 37.6 Å². The SMILES string of the molecule is N#CCCN(C(=O)COC(=O)C1(c2ccc3c(c2)OCCO3)CCCC1)c1ccccc1F. The van der Waals surface area contributed by atoms with Crippen LogP contribution in [0.15, 0.2) is 42.5 Å². The first-order valence-electron chi connectivity index (χ1n) is 11.0. The molecule has 2 aromatic carbocycles. The smallest absolute Gasteiger partial charge is 0.317 e. The summed E-state index contributed by atoms with van der Waals surface area (Å²) in [5.74, 6) is -0.424. The molecule has 172 valence electrons. The molecule has 0 saturated heterocycles. The van der Waals surface area contributed by atoms with Crippen LogP contribution in [-0.2, 0) is 19.7 Å². The number of hydrogen-bond acceptors (Lipinski definition) is 6. The largest absolute Gasteiger partial charge is 0.486 e. The van der Waals surface area contributed by atoms with Crippen LogP contribution in [0.2, 0.25) is 0 Å². The van der Waals surface area contributed by atoms with Gasteiger partial charge in [0.2, 0.25) is 0 Å². The van der Waals surface area contributed by atoms with E-state index in [1.165, 1.54) is 18.2 Å². The molecule has 1 heterocycles. The van der Waals surface area contributed by atoms with Gasteiger partial charge in [-0.3, -0.25) is 9.59 Å². The lowest BCUT2D eigenvalue weighted by molar-refractivity contribution is -0.153. The van der Waals surface area contributed by atoms with Crippen LogP contribution >= 0.6 is 0 Å². The van der Waals surface area contributed by atoms with Gasteiger partial charge in [-0.1, -0.05) is 31.0 Å². The maximum absolute atomic E-state index is 14.3. The number of esters is 1. The second-order valence-electron chi connectivity index (χ2n) is 8.13. The third-order valence-electron chi connectivity index (χ3n) is 6.16. The normalized spacial score (nSPS) is 16.0. The Bertz CT molecular complexity index is 1070. The lowest BCUT2D eigenvalue weighted by atomic mass is 9.78. The highest BCUT2D eigenvalue weighted by atomic mass is 19.1. The number of amides is 1. The van der Waals surface area contributed by atoms with Crippen LogP contribution in [0.4, 0.5) is 10.1 Å². The Morgan fingerprint density at radius 3 is 2.55 bits per heavy atom. The van der Waals surface area contributed by atoms with Gasteiger partial charge in [0.1, 0.15) is 19.0 Å². The van der Waals surface area contributed by atoms with E-state index in [1.54, 1.807) is 12.1 Å². The first-order valence-corrected chi connectivity index (χ1v) is 11.0. The average Bonchev–Trinajstić information content (AvgIpc) is 3.35. The molecule has 1 aliphatic heterocycles. The molecule has 0 unspecified atom stereocenters. The number of halogens is 1. The fourth-order valence-corrected chi connectivity index (χ4v) is 4.49. The number of ether oxygens (including phenoxy) is 3. The molecule has 2 aliphatic rings. The maximum Gasteiger partial charge on any atom is 0.317 e. The molecule has 4 rings (SSSR count). The summed E-state index contributed by atoms with van der Waals surface area (Å²) >= 11 is 0. The topological polar surface area (TPSA) is 88.9 Å². The lowest BCUT2D eigenvalue weighted by Crippen LogP contribution is -2.40. The summed E-state index contributed by atoms with van der Waals surface area (Å²) in [5.41, 5.74) is -0.0423. The number of carbonyl (C=O) groups is 2. The van der Waals surface area contributed by atoms with Gasteiger partial charge in [-0.15, -0.1) is 0 Å². The van der Waals surface area contributed by atoms with Crippen LogP contribution in [0.3, 0.4) is 0 Å². The molecule has 0 atom stereocenters. The molecule has 1 aliphatic carbocycles. The minimum absolute atomic E-state index is 0.00111. The summed E-state index contributed by atoms with van der Waals surface area (Å²) in [6.07, 6.45) is 2.95. The van der Waals surface area contributed by atoms with E-state index < -0.39 is 29.7 Å². The number of anilines is 1. The first kappa shape index (κ1) is 22.6. The highest BCUT2D eigenvalue weighted by Crippen LogP contribution is 2.45. The summed E-state index contributed by atoms with van der Waals surface area (Å²) in [6, 6.07) is 13.2. The van der Waals surface area contributed by atoms with Crippen molar-refractivity contribution in [3.05, 3.63) is 53.8 Å². The van der Waals surface area contributed by atoms with Crippen molar-refractivity contribution in [1.29, 1.82) is 5.26 Å². The number of nitriles is 1. The van der Waals surface area contributed by atoms with E-state index in [9.17, 15) is 14.0 Å². The van der Waals surface area contributed by atoms with E-state index in [-0.39, 0.29) is 18.7 Å². The zero-order chi connectivity index (χ0) is 23.3. The number of carbonyl (C=O) groups excluding carboxylic acids is 2. The van der Waals surface area contributed by atoms with Crippen molar-refractivity contribution in [3.8, 4) is 17.6 Å². The van der Waals surface area contributed by atoms with Crippen molar-refractivity contribution in [3.63, 3.8) is 0 Å². The number of hydrogen-bond donors (Lipinski definition) is 0. The Morgan fingerprint density at radius 2 is 1.82 bits per heavy atom. The van der Waals surface area contributed by atoms with Crippen LogP contribution in [0.5, 0.6) is 11.5 Å². The molecular formula is C25H25FN2O5. The highest BCUT2D eigenvalue weighted by Gasteiger charge is 2.45. The van der Waals surface area contributed by atoms with Gasteiger partial charge in [-0.25, -0.2) is 4.39 Å². The number of fused-ring (bicyclic) bond motifs is 1. The molecule has 0 N–H and O–H groups in total. The minimum Gasteiger partial charge on any atom is -0.486 e. The molecular weight excluding hydrogens is 427 g/mol. The molecule has 1 amide bonds. The van der Waals surface area contributed by atoms with Crippen LogP contribution in [0.1, 0.15) is 37.7 Å². The van der Waals surface area contributed by atoms with Gasteiger partial charge in [0.05, 0.1) is 23.6 Å².